The number of nitrogens with zero attached hydrogens (tertiary/aromatic N) is 1. The van der Waals surface area contributed by atoms with E-state index < -0.39 is 0 Å². The molecule has 13 heavy (non-hydrogen) atoms. The Morgan fingerprint density at radius 1 is 1.31 bits per heavy atom. The van der Waals surface area contributed by atoms with Gasteiger partial charge in [0.25, 0.3) is 0 Å². The van der Waals surface area contributed by atoms with Crippen LogP contribution in [-0.4, -0.2) is 19.1 Å². The van der Waals surface area contributed by atoms with Crippen molar-refractivity contribution >= 4 is 11.4 Å². The van der Waals surface area contributed by atoms with Gasteiger partial charge in [-0.25, -0.2) is 0 Å². The van der Waals surface area contributed by atoms with Gasteiger partial charge in [0, 0.05) is 19.1 Å². The van der Waals surface area contributed by atoms with Crippen molar-refractivity contribution in [3.05, 3.63) is 24.3 Å². The summed E-state index contributed by atoms with van der Waals surface area (Å²) in [6.45, 7) is 1.95. The number of nitrogen functional groups attached to an aromatic ring is 1. The second-order valence-corrected chi connectivity index (χ2v) is 3.55. The van der Waals surface area contributed by atoms with Gasteiger partial charge in [0.05, 0.1) is 11.4 Å². The van der Waals surface area contributed by atoms with E-state index in [-0.39, 0.29) is 0 Å². The van der Waals surface area contributed by atoms with Crippen molar-refractivity contribution in [1.29, 1.82) is 0 Å². The first kappa shape index (κ1) is 8.38. The molecule has 0 aliphatic carbocycles. The topological polar surface area (TPSA) is 55.3 Å². The maximum atomic E-state index is 5.86. The number of para-hydroxylation sites is 2. The fraction of sp³-hybridized carbons (Fsp3) is 0.400. The first-order chi connectivity index (χ1) is 6.27. The van der Waals surface area contributed by atoms with E-state index >= 15 is 0 Å². The van der Waals surface area contributed by atoms with Crippen LogP contribution in [0, 0.1) is 0 Å². The molecule has 0 amide bonds. The van der Waals surface area contributed by atoms with E-state index in [1.165, 1.54) is 0 Å². The van der Waals surface area contributed by atoms with Crippen molar-refractivity contribution in [2.24, 2.45) is 5.73 Å². The predicted octanol–water partition coefficient (Wildman–Crippen LogP) is 0.806. The number of nitrogens with two attached hydrogens (primary N) is 2. The molecule has 1 fully saturated rings. The smallest absolute Gasteiger partial charge is 0.0600 e. The van der Waals surface area contributed by atoms with E-state index in [0.29, 0.717) is 6.04 Å². The summed E-state index contributed by atoms with van der Waals surface area (Å²) in [6.07, 6.45) is 1.06. The Morgan fingerprint density at radius 2 is 2.08 bits per heavy atom. The maximum Gasteiger partial charge on any atom is 0.0600 e. The molecule has 70 valence electrons. The van der Waals surface area contributed by atoms with Crippen LogP contribution in [0.15, 0.2) is 24.3 Å². The molecule has 4 N–H and O–H groups in total. The molecule has 0 aromatic heterocycles. The molecule has 0 saturated carbocycles. The summed E-state index contributed by atoms with van der Waals surface area (Å²) >= 11 is 0. The van der Waals surface area contributed by atoms with Gasteiger partial charge in [0.1, 0.15) is 0 Å². The molecule has 1 unspecified atom stereocenters. The lowest BCUT2D eigenvalue weighted by atomic mass is 10.2. The van der Waals surface area contributed by atoms with Crippen LogP contribution in [0.3, 0.4) is 0 Å². The Bertz CT molecular complexity index is 298. The molecule has 1 aromatic rings. The Labute approximate surface area is 78.3 Å². The highest BCUT2D eigenvalue weighted by Gasteiger charge is 2.20. The summed E-state index contributed by atoms with van der Waals surface area (Å²) in [5.74, 6) is 0. The standard InChI is InChI=1S/C10H15N3/c11-8-5-6-13(7-8)10-4-2-1-3-9(10)12/h1-4,8H,5-7,11-12H2. The Morgan fingerprint density at radius 3 is 2.69 bits per heavy atom. The summed E-state index contributed by atoms with van der Waals surface area (Å²) in [4.78, 5) is 2.25. The van der Waals surface area contributed by atoms with Crippen molar-refractivity contribution in [2.75, 3.05) is 23.7 Å². The minimum Gasteiger partial charge on any atom is -0.397 e. The normalized spacial score (nSPS) is 22.2. The number of benzene rings is 1. The fourth-order valence-electron chi connectivity index (χ4n) is 1.78. The van der Waals surface area contributed by atoms with Gasteiger partial charge >= 0.3 is 0 Å². The van der Waals surface area contributed by atoms with E-state index in [0.717, 1.165) is 30.9 Å². The molecule has 3 nitrogen and oxygen atoms in total. The summed E-state index contributed by atoms with van der Waals surface area (Å²) in [7, 11) is 0. The average molecular weight is 177 g/mol. The molecule has 1 aromatic carbocycles. The minimum absolute atomic E-state index is 0.305. The highest BCUT2D eigenvalue weighted by Crippen LogP contribution is 2.25. The lowest BCUT2D eigenvalue weighted by Crippen LogP contribution is -2.26. The fourth-order valence-corrected chi connectivity index (χ4v) is 1.78. The van der Waals surface area contributed by atoms with Crippen molar-refractivity contribution < 1.29 is 0 Å². The first-order valence-electron chi connectivity index (χ1n) is 4.62. The zero-order chi connectivity index (χ0) is 9.26. The van der Waals surface area contributed by atoms with Crippen LogP contribution in [0.4, 0.5) is 11.4 Å². The molecular weight excluding hydrogens is 162 g/mol. The van der Waals surface area contributed by atoms with Crippen LogP contribution in [0.1, 0.15) is 6.42 Å². The molecule has 2 rings (SSSR count). The van der Waals surface area contributed by atoms with Gasteiger partial charge in [0.15, 0.2) is 0 Å². The molecule has 1 aliphatic heterocycles. The molecule has 0 spiro atoms. The second kappa shape index (κ2) is 3.26. The van der Waals surface area contributed by atoms with Crippen molar-refractivity contribution in [3.8, 4) is 0 Å². The van der Waals surface area contributed by atoms with Crippen molar-refractivity contribution in [2.45, 2.75) is 12.5 Å². The van der Waals surface area contributed by atoms with Crippen LogP contribution in [0.5, 0.6) is 0 Å². The first-order valence-corrected chi connectivity index (χ1v) is 4.62. The molecule has 3 heteroatoms. The highest BCUT2D eigenvalue weighted by molar-refractivity contribution is 5.67. The molecule has 0 radical (unpaired) electrons. The molecule has 0 bridgehead atoms. The largest absolute Gasteiger partial charge is 0.397 e. The third-order valence-electron chi connectivity index (χ3n) is 2.50. The summed E-state index contributed by atoms with van der Waals surface area (Å²) in [5, 5.41) is 0. The van der Waals surface area contributed by atoms with Crippen LogP contribution >= 0.6 is 0 Å². The van der Waals surface area contributed by atoms with Gasteiger partial charge in [-0.1, -0.05) is 12.1 Å². The van der Waals surface area contributed by atoms with Gasteiger partial charge < -0.3 is 16.4 Å². The number of rotatable bonds is 1. The van der Waals surface area contributed by atoms with Gasteiger partial charge in [-0.15, -0.1) is 0 Å². The lowest BCUT2D eigenvalue weighted by Gasteiger charge is -2.19. The minimum atomic E-state index is 0.305. The number of hydrogen-bond donors (Lipinski definition) is 2. The number of anilines is 2. The average Bonchev–Trinajstić information content (AvgIpc) is 2.53. The van der Waals surface area contributed by atoms with Crippen LogP contribution in [-0.2, 0) is 0 Å². The number of hydrogen-bond acceptors (Lipinski definition) is 3. The molecule has 1 aliphatic rings. The Kier molecular flexibility index (Phi) is 2.10. The van der Waals surface area contributed by atoms with Crippen LogP contribution < -0.4 is 16.4 Å². The highest BCUT2D eigenvalue weighted by atomic mass is 15.2. The third kappa shape index (κ3) is 1.60. The quantitative estimate of drug-likeness (QED) is 0.624. The predicted molar refractivity (Wildman–Crippen MR) is 55.7 cm³/mol. The molecular formula is C10H15N3. The van der Waals surface area contributed by atoms with Gasteiger partial charge in [-0.3, -0.25) is 0 Å². The van der Waals surface area contributed by atoms with Gasteiger partial charge in [0.2, 0.25) is 0 Å². The molecule has 1 heterocycles. The van der Waals surface area contributed by atoms with Crippen molar-refractivity contribution in [3.63, 3.8) is 0 Å². The van der Waals surface area contributed by atoms with Gasteiger partial charge in [-0.2, -0.15) is 0 Å². The molecule has 1 saturated heterocycles. The van der Waals surface area contributed by atoms with E-state index in [1.54, 1.807) is 0 Å². The van der Waals surface area contributed by atoms with Crippen LogP contribution in [0.25, 0.3) is 0 Å². The van der Waals surface area contributed by atoms with E-state index in [2.05, 4.69) is 4.90 Å². The van der Waals surface area contributed by atoms with Crippen LogP contribution in [0.2, 0.25) is 0 Å². The lowest BCUT2D eigenvalue weighted by molar-refractivity contribution is 0.752. The van der Waals surface area contributed by atoms with E-state index in [9.17, 15) is 0 Å². The van der Waals surface area contributed by atoms with Gasteiger partial charge in [-0.05, 0) is 18.6 Å². The Balaban J connectivity index is 2.21. The summed E-state index contributed by atoms with van der Waals surface area (Å²) in [6, 6.07) is 8.25. The van der Waals surface area contributed by atoms with E-state index in [4.69, 9.17) is 11.5 Å². The second-order valence-electron chi connectivity index (χ2n) is 3.55. The SMILES string of the molecule is Nc1ccccc1N1CCC(N)C1. The Hall–Kier alpha value is -1.22. The summed E-state index contributed by atoms with van der Waals surface area (Å²) in [5.41, 5.74) is 13.7. The third-order valence-corrected chi connectivity index (χ3v) is 2.50. The summed E-state index contributed by atoms with van der Waals surface area (Å²) < 4.78 is 0. The zero-order valence-corrected chi connectivity index (χ0v) is 7.61. The van der Waals surface area contributed by atoms with Crippen molar-refractivity contribution in [1.82, 2.24) is 0 Å². The monoisotopic (exact) mass is 177 g/mol. The van der Waals surface area contributed by atoms with E-state index in [1.807, 2.05) is 24.3 Å². The molecule has 1 atom stereocenters. The zero-order valence-electron chi connectivity index (χ0n) is 7.61. The maximum absolute atomic E-state index is 5.86.